The molecule has 1 aromatic carbocycles. The van der Waals surface area contributed by atoms with Gasteiger partial charge >= 0.3 is 0 Å². The second kappa shape index (κ2) is 7.98. The van der Waals surface area contributed by atoms with Gasteiger partial charge in [-0.15, -0.1) is 0 Å². The molecule has 2 N–H and O–H groups in total. The number of nitrogens with zero attached hydrogens (tertiary/aromatic N) is 2. The van der Waals surface area contributed by atoms with E-state index in [2.05, 4.69) is 10.2 Å². The summed E-state index contributed by atoms with van der Waals surface area (Å²) in [6, 6.07) is 9.40. The summed E-state index contributed by atoms with van der Waals surface area (Å²) in [4.78, 5) is 20.5. The zero-order valence-electron chi connectivity index (χ0n) is 15.2. The normalized spacial score (nSPS) is 15.2. The highest BCUT2D eigenvalue weighted by Gasteiger charge is 2.22. The number of amides is 1. The lowest BCUT2D eigenvalue weighted by Crippen LogP contribution is -3.15. The number of hydrogen-bond donors (Lipinski definition) is 2. The van der Waals surface area contributed by atoms with Gasteiger partial charge in [0.1, 0.15) is 5.75 Å². The van der Waals surface area contributed by atoms with Gasteiger partial charge in [-0.25, -0.2) is 4.98 Å². The van der Waals surface area contributed by atoms with E-state index < -0.39 is 0 Å². The van der Waals surface area contributed by atoms with E-state index in [1.54, 1.807) is 30.6 Å². The smallest absolute Gasteiger partial charge is 0.287 e. The molecule has 2 aromatic heterocycles. The minimum atomic E-state index is -0.150. The summed E-state index contributed by atoms with van der Waals surface area (Å²) >= 11 is 1.71. The molecule has 0 atom stereocenters. The molecule has 4 rings (SSSR count). The van der Waals surface area contributed by atoms with Gasteiger partial charge in [0.2, 0.25) is 0 Å². The Morgan fingerprint density at radius 1 is 1.37 bits per heavy atom. The number of fused-ring (bicyclic) bond motifs is 1. The van der Waals surface area contributed by atoms with Gasteiger partial charge in [0.25, 0.3) is 5.91 Å². The Morgan fingerprint density at radius 3 is 2.96 bits per heavy atom. The van der Waals surface area contributed by atoms with Crippen molar-refractivity contribution in [3.63, 3.8) is 0 Å². The second-order valence-corrected chi connectivity index (χ2v) is 7.56. The maximum absolute atomic E-state index is 11.9. The molecule has 0 unspecified atom stereocenters. The van der Waals surface area contributed by atoms with E-state index in [4.69, 9.17) is 14.1 Å². The van der Waals surface area contributed by atoms with E-state index in [1.165, 1.54) is 11.2 Å². The summed E-state index contributed by atoms with van der Waals surface area (Å²) in [5.74, 6) is 1.08. The van der Waals surface area contributed by atoms with Crippen LogP contribution < -0.4 is 19.9 Å². The number of methoxy groups -OCH3 is 1. The van der Waals surface area contributed by atoms with Crippen LogP contribution in [0.15, 0.2) is 41.0 Å². The highest BCUT2D eigenvalue weighted by molar-refractivity contribution is 7.22. The van der Waals surface area contributed by atoms with Crippen LogP contribution in [0.3, 0.4) is 0 Å². The molecule has 0 spiro atoms. The maximum atomic E-state index is 11.9. The number of ether oxygens (including phenoxy) is 1. The Bertz CT molecular complexity index is 901. The van der Waals surface area contributed by atoms with Crippen LogP contribution in [0.4, 0.5) is 5.13 Å². The molecule has 1 aliphatic heterocycles. The number of rotatable bonds is 6. The van der Waals surface area contributed by atoms with E-state index >= 15 is 0 Å². The van der Waals surface area contributed by atoms with Crippen LogP contribution >= 0.6 is 11.3 Å². The minimum absolute atomic E-state index is 0.150. The van der Waals surface area contributed by atoms with Gasteiger partial charge in [-0.3, -0.25) is 4.79 Å². The molecule has 0 bridgehead atoms. The molecule has 1 fully saturated rings. The number of anilines is 1. The maximum Gasteiger partial charge on any atom is 0.287 e. The van der Waals surface area contributed by atoms with Crippen molar-refractivity contribution in [2.24, 2.45) is 0 Å². The van der Waals surface area contributed by atoms with E-state index in [-0.39, 0.29) is 5.91 Å². The van der Waals surface area contributed by atoms with Gasteiger partial charge < -0.3 is 24.3 Å². The summed E-state index contributed by atoms with van der Waals surface area (Å²) in [6.45, 7) is 5.58. The molecule has 27 heavy (non-hydrogen) atoms. The SMILES string of the molecule is COc1ccc2nc(N3CC[NH+](CCNC(=O)c4ccco4)CC3)sc2c1. The molecule has 1 aliphatic rings. The highest BCUT2D eigenvalue weighted by Crippen LogP contribution is 2.31. The number of quaternary nitrogens is 1. The van der Waals surface area contributed by atoms with Crippen LogP contribution in [0.25, 0.3) is 10.2 Å². The molecule has 7 nitrogen and oxygen atoms in total. The fourth-order valence-electron chi connectivity index (χ4n) is 3.27. The number of thiazole rings is 1. The lowest BCUT2D eigenvalue weighted by Gasteiger charge is -2.31. The number of nitrogens with one attached hydrogen (secondary N) is 2. The molecule has 1 saturated heterocycles. The van der Waals surface area contributed by atoms with Crippen LogP contribution in [0, 0.1) is 0 Å². The minimum Gasteiger partial charge on any atom is -0.497 e. The van der Waals surface area contributed by atoms with Crippen molar-refractivity contribution >= 4 is 32.6 Å². The highest BCUT2D eigenvalue weighted by atomic mass is 32.1. The van der Waals surface area contributed by atoms with Crippen LogP contribution in [-0.4, -0.2) is 57.3 Å². The third-order valence-electron chi connectivity index (χ3n) is 4.83. The van der Waals surface area contributed by atoms with Crippen LogP contribution in [0.5, 0.6) is 5.75 Å². The first-order chi connectivity index (χ1) is 13.2. The topological polar surface area (TPSA) is 72.0 Å². The van der Waals surface area contributed by atoms with Crippen molar-refractivity contribution in [1.82, 2.24) is 10.3 Å². The summed E-state index contributed by atoms with van der Waals surface area (Å²) < 4.78 is 11.5. The summed E-state index contributed by atoms with van der Waals surface area (Å²) in [6.07, 6.45) is 1.51. The molecule has 0 saturated carbocycles. The molecule has 0 aliphatic carbocycles. The molecule has 3 aromatic rings. The fourth-order valence-corrected chi connectivity index (χ4v) is 4.31. The average Bonchev–Trinajstić information content (AvgIpc) is 3.37. The van der Waals surface area contributed by atoms with Crippen molar-refractivity contribution in [2.45, 2.75) is 0 Å². The predicted molar refractivity (Wildman–Crippen MR) is 105 cm³/mol. The third-order valence-corrected chi connectivity index (χ3v) is 5.91. The lowest BCUT2D eigenvalue weighted by atomic mass is 10.3. The monoisotopic (exact) mass is 387 g/mol. The number of piperazine rings is 1. The van der Waals surface area contributed by atoms with Crippen molar-refractivity contribution in [2.75, 3.05) is 51.3 Å². The molecular weight excluding hydrogens is 364 g/mol. The van der Waals surface area contributed by atoms with Crippen molar-refractivity contribution in [3.05, 3.63) is 42.4 Å². The van der Waals surface area contributed by atoms with E-state index in [1.807, 2.05) is 18.2 Å². The quantitative estimate of drug-likeness (QED) is 0.661. The number of aromatic nitrogens is 1. The number of benzene rings is 1. The number of carbonyl (C=O) groups is 1. The van der Waals surface area contributed by atoms with Crippen molar-refractivity contribution < 1.29 is 18.8 Å². The van der Waals surface area contributed by atoms with Gasteiger partial charge in [0.05, 0.1) is 62.9 Å². The van der Waals surface area contributed by atoms with Crippen molar-refractivity contribution in [3.8, 4) is 5.75 Å². The largest absolute Gasteiger partial charge is 0.497 e. The van der Waals surface area contributed by atoms with Crippen LogP contribution in [0.1, 0.15) is 10.6 Å². The first-order valence-electron chi connectivity index (χ1n) is 9.08. The van der Waals surface area contributed by atoms with E-state index in [0.717, 1.165) is 53.8 Å². The zero-order chi connectivity index (χ0) is 18.6. The van der Waals surface area contributed by atoms with Gasteiger partial charge in [-0.1, -0.05) is 11.3 Å². The summed E-state index contributed by atoms with van der Waals surface area (Å²) in [5, 5.41) is 3.99. The number of furan rings is 1. The zero-order valence-corrected chi connectivity index (χ0v) is 16.1. The van der Waals surface area contributed by atoms with Gasteiger partial charge in [-0.05, 0) is 30.3 Å². The fraction of sp³-hybridized carbons (Fsp3) is 0.368. The first-order valence-corrected chi connectivity index (χ1v) is 9.89. The first kappa shape index (κ1) is 17.8. The molecule has 3 heterocycles. The summed E-state index contributed by atoms with van der Waals surface area (Å²) in [5.41, 5.74) is 1.02. The van der Waals surface area contributed by atoms with E-state index in [9.17, 15) is 4.79 Å². The van der Waals surface area contributed by atoms with Gasteiger partial charge in [-0.2, -0.15) is 0 Å². The third kappa shape index (κ3) is 4.06. The molecule has 8 heteroatoms. The molecular formula is C19H23N4O3S+. The molecule has 142 valence electrons. The Balaban J connectivity index is 1.27. The van der Waals surface area contributed by atoms with Gasteiger partial charge in [0.15, 0.2) is 10.9 Å². The van der Waals surface area contributed by atoms with E-state index in [0.29, 0.717) is 12.3 Å². The Kier molecular flexibility index (Phi) is 5.26. The standard InChI is InChI=1S/C19H22N4O3S/c1-25-14-4-5-15-17(13-14)27-19(21-15)23-10-8-22(9-11-23)7-6-20-18(24)16-3-2-12-26-16/h2-5,12-13H,6-11H2,1H3,(H,20,24)/p+1. The molecule has 1 amide bonds. The number of hydrogen-bond acceptors (Lipinski definition) is 6. The van der Waals surface area contributed by atoms with Crippen LogP contribution in [0.2, 0.25) is 0 Å². The molecule has 0 radical (unpaired) electrons. The number of carbonyl (C=O) groups excluding carboxylic acids is 1. The Hall–Kier alpha value is -2.58. The van der Waals surface area contributed by atoms with Gasteiger partial charge in [0, 0.05) is 0 Å². The Morgan fingerprint density at radius 2 is 2.22 bits per heavy atom. The van der Waals surface area contributed by atoms with Crippen molar-refractivity contribution in [1.29, 1.82) is 0 Å². The predicted octanol–water partition coefficient (Wildman–Crippen LogP) is 1.03. The van der Waals surface area contributed by atoms with Crippen LogP contribution in [-0.2, 0) is 0 Å². The average molecular weight is 387 g/mol. The Labute approximate surface area is 161 Å². The summed E-state index contributed by atoms with van der Waals surface area (Å²) in [7, 11) is 1.68. The lowest BCUT2D eigenvalue weighted by molar-refractivity contribution is -0.899. The second-order valence-electron chi connectivity index (χ2n) is 6.55.